The third kappa shape index (κ3) is 4.56. The van der Waals surface area contributed by atoms with E-state index in [2.05, 4.69) is 25.4 Å². The van der Waals surface area contributed by atoms with Crippen molar-refractivity contribution >= 4 is 46.0 Å². The second kappa shape index (κ2) is 9.83. The Labute approximate surface area is 247 Å². The highest BCUT2D eigenvalue weighted by atomic mass is 35.5. The Balaban J connectivity index is 1.42. The number of hydrogen-bond donors (Lipinski definition) is 3. The number of aromatic nitrogens is 5. The van der Waals surface area contributed by atoms with Crippen LogP contribution in [0.15, 0.2) is 47.1 Å². The fourth-order valence-corrected chi connectivity index (χ4v) is 5.29. The molecule has 220 valence electrons. The first-order chi connectivity index (χ1) is 20.3. The molecule has 1 aliphatic rings. The number of nitrogen functional groups attached to an aromatic ring is 1. The van der Waals surface area contributed by atoms with E-state index in [9.17, 15) is 23.5 Å². The zero-order valence-electron chi connectivity index (χ0n) is 23.1. The number of rotatable bonds is 7. The summed E-state index contributed by atoms with van der Waals surface area (Å²) in [5, 5.41) is 17.8. The number of nitrogens with one attached hydrogen (secondary N) is 1. The Hall–Kier alpha value is -4.91. The molecule has 0 saturated carbocycles. The molecule has 4 N–H and O–H groups in total. The molecule has 0 saturated heterocycles. The third-order valence-electron chi connectivity index (χ3n) is 7.58. The van der Waals surface area contributed by atoms with Gasteiger partial charge in [0.2, 0.25) is 11.8 Å². The van der Waals surface area contributed by atoms with Gasteiger partial charge in [0, 0.05) is 22.4 Å². The summed E-state index contributed by atoms with van der Waals surface area (Å²) in [5.74, 6) is -3.34. The average Bonchev–Trinajstić information content (AvgIpc) is 3.61. The maximum Gasteiger partial charge on any atom is 0.309 e. The molecule has 6 rings (SSSR count). The molecule has 43 heavy (non-hydrogen) atoms. The van der Waals surface area contributed by atoms with E-state index in [0.29, 0.717) is 21.6 Å². The molecule has 0 aliphatic carbocycles. The molecule has 0 spiro atoms. The van der Waals surface area contributed by atoms with Crippen LogP contribution in [0.5, 0.6) is 0 Å². The van der Waals surface area contributed by atoms with Crippen molar-refractivity contribution in [2.45, 2.75) is 39.2 Å². The summed E-state index contributed by atoms with van der Waals surface area (Å²) < 4.78 is 35.5. The molecule has 1 unspecified atom stereocenters. The minimum absolute atomic E-state index is 0.00415. The van der Waals surface area contributed by atoms with Gasteiger partial charge in [0.15, 0.2) is 22.9 Å². The van der Waals surface area contributed by atoms with Crippen LogP contribution in [0.1, 0.15) is 43.5 Å². The van der Waals surface area contributed by atoms with Crippen molar-refractivity contribution < 1.29 is 27.9 Å². The fraction of sp³-hybridized carbons (Fsp3) is 0.241. The summed E-state index contributed by atoms with van der Waals surface area (Å²) in [4.78, 5) is 38.4. The molecule has 14 heteroatoms. The zero-order chi connectivity index (χ0) is 30.8. The first-order valence-electron chi connectivity index (χ1n) is 13.1. The predicted octanol–water partition coefficient (Wildman–Crippen LogP) is 4.95. The van der Waals surface area contributed by atoms with E-state index in [1.807, 2.05) is 0 Å². The lowest BCUT2D eigenvalue weighted by Gasteiger charge is -2.19. The lowest BCUT2D eigenvalue weighted by atomic mass is 9.84. The Kier molecular flexibility index (Phi) is 6.45. The standard InChI is InChI=1S/C29H24ClF2N7O4/c1-28(2,27(41)42)10-15-12-43-26(34-15)29(3)19-22(33)35-24(36-23(19)37-25(29)40)21-16-8-7-14(30)9-18(16)39(38-21)11-13-5-4-6-17(31)20(13)32/h4-9,12H,10-11H2,1-3H3,(H,41,42)(H3,33,35,36,37,40). The maximum atomic E-state index is 14.5. The number of fused-ring (bicyclic) bond motifs is 2. The SMILES string of the molecule is CC(C)(Cc1coc(C2(C)C(=O)Nc3nc(-c4nn(Cc5cccc(F)c5F)c5cc(Cl)ccc45)nc(N)c32)n1)C(=O)O. The first kappa shape index (κ1) is 28.2. The number of aliphatic carboxylic acids is 1. The number of amides is 1. The van der Waals surface area contributed by atoms with Crippen LogP contribution in [0.3, 0.4) is 0 Å². The van der Waals surface area contributed by atoms with Crippen molar-refractivity contribution in [2.75, 3.05) is 11.1 Å². The monoisotopic (exact) mass is 607 g/mol. The Morgan fingerprint density at radius 2 is 1.98 bits per heavy atom. The van der Waals surface area contributed by atoms with Crippen LogP contribution in [0.4, 0.5) is 20.4 Å². The van der Waals surface area contributed by atoms with Crippen LogP contribution < -0.4 is 11.1 Å². The van der Waals surface area contributed by atoms with Crippen LogP contribution in [0.2, 0.25) is 5.02 Å². The number of carbonyl (C=O) groups is 2. The Morgan fingerprint density at radius 3 is 2.72 bits per heavy atom. The summed E-state index contributed by atoms with van der Waals surface area (Å²) >= 11 is 6.25. The van der Waals surface area contributed by atoms with E-state index in [-0.39, 0.29) is 53.1 Å². The van der Waals surface area contributed by atoms with Gasteiger partial charge in [0.25, 0.3) is 0 Å². The normalized spacial score (nSPS) is 16.5. The van der Waals surface area contributed by atoms with Crippen LogP contribution in [0.25, 0.3) is 22.4 Å². The number of carboxylic acid groups (broad SMARTS) is 1. The van der Waals surface area contributed by atoms with Gasteiger partial charge in [-0.05, 0) is 45.0 Å². The molecule has 1 aliphatic heterocycles. The largest absolute Gasteiger partial charge is 0.481 e. The van der Waals surface area contributed by atoms with E-state index in [1.165, 1.54) is 23.1 Å². The number of oxazole rings is 1. The number of carboxylic acids is 1. The van der Waals surface area contributed by atoms with Crippen molar-refractivity contribution in [3.05, 3.63) is 82.0 Å². The highest BCUT2D eigenvalue weighted by Crippen LogP contribution is 2.45. The van der Waals surface area contributed by atoms with Crippen LogP contribution >= 0.6 is 11.6 Å². The second-order valence-electron chi connectivity index (χ2n) is 11.1. The first-order valence-corrected chi connectivity index (χ1v) is 13.4. The highest BCUT2D eigenvalue weighted by Gasteiger charge is 2.51. The van der Waals surface area contributed by atoms with Gasteiger partial charge in [0.05, 0.1) is 28.7 Å². The molecule has 1 amide bonds. The third-order valence-corrected chi connectivity index (χ3v) is 7.82. The van der Waals surface area contributed by atoms with Crippen molar-refractivity contribution in [3.63, 3.8) is 0 Å². The van der Waals surface area contributed by atoms with Crippen molar-refractivity contribution in [1.29, 1.82) is 0 Å². The molecule has 0 radical (unpaired) electrons. The minimum Gasteiger partial charge on any atom is -0.481 e. The van der Waals surface area contributed by atoms with Crippen molar-refractivity contribution in [1.82, 2.24) is 24.7 Å². The Bertz CT molecular complexity index is 1970. The molecular weight excluding hydrogens is 584 g/mol. The number of hydrogen-bond acceptors (Lipinski definition) is 8. The number of anilines is 2. The molecule has 0 fully saturated rings. The Morgan fingerprint density at radius 1 is 1.21 bits per heavy atom. The highest BCUT2D eigenvalue weighted by molar-refractivity contribution is 6.31. The number of nitrogens with two attached hydrogens (primary N) is 1. The summed E-state index contributed by atoms with van der Waals surface area (Å²) in [6.07, 6.45) is 1.38. The van der Waals surface area contributed by atoms with Gasteiger partial charge < -0.3 is 20.6 Å². The number of carbonyl (C=O) groups excluding carboxylic acids is 1. The van der Waals surface area contributed by atoms with Gasteiger partial charge in [-0.3, -0.25) is 14.3 Å². The lowest BCUT2D eigenvalue weighted by molar-refractivity contribution is -0.146. The number of halogens is 3. The van der Waals surface area contributed by atoms with Gasteiger partial charge in [-0.1, -0.05) is 23.7 Å². The van der Waals surface area contributed by atoms with Gasteiger partial charge in [-0.25, -0.2) is 23.7 Å². The molecule has 0 bridgehead atoms. The van der Waals surface area contributed by atoms with Crippen molar-refractivity contribution in [2.24, 2.45) is 5.41 Å². The quantitative estimate of drug-likeness (QED) is 0.232. The number of benzene rings is 2. The van der Waals surface area contributed by atoms with E-state index in [4.69, 9.17) is 21.8 Å². The predicted molar refractivity (Wildman–Crippen MR) is 152 cm³/mol. The van der Waals surface area contributed by atoms with Crippen LogP contribution in [0, 0.1) is 17.0 Å². The molecule has 3 aromatic heterocycles. The van der Waals surface area contributed by atoms with Gasteiger partial charge in [-0.15, -0.1) is 0 Å². The molecule has 4 heterocycles. The van der Waals surface area contributed by atoms with E-state index >= 15 is 0 Å². The second-order valence-corrected chi connectivity index (χ2v) is 11.6. The van der Waals surface area contributed by atoms with E-state index < -0.39 is 34.3 Å². The summed E-state index contributed by atoms with van der Waals surface area (Å²) in [6.45, 7) is 4.57. The molecule has 2 aromatic carbocycles. The number of nitrogens with zero attached hydrogens (tertiary/aromatic N) is 5. The van der Waals surface area contributed by atoms with Gasteiger partial charge in [-0.2, -0.15) is 5.10 Å². The molecule has 1 atom stereocenters. The summed E-state index contributed by atoms with van der Waals surface area (Å²) in [6, 6.07) is 8.85. The zero-order valence-corrected chi connectivity index (χ0v) is 23.8. The van der Waals surface area contributed by atoms with E-state index in [1.54, 1.807) is 39.0 Å². The van der Waals surface area contributed by atoms with Crippen molar-refractivity contribution in [3.8, 4) is 11.5 Å². The smallest absolute Gasteiger partial charge is 0.309 e. The van der Waals surface area contributed by atoms with E-state index in [0.717, 1.165) is 6.07 Å². The lowest BCUT2D eigenvalue weighted by Crippen LogP contribution is -2.33. The van der Waals surface area contributed by atoms with Gasteiger partial charge >= 0.3 is 5.97 Å². The van der Waals surface area contributed by atoms with Gasteiger partial charge in [0.1, 0.15) is 23.6 Å². The minimum atomic E-state index is -1.51. The maximum absolute atomic E-state index is 14.5. The molecule has 5 aromatic rings. The topological polar surface area (TPSA) is 162 Å². The molecular formula is C29H24ClF2N7O4. The summed E-state index contributed by atoms with van der Waals surface area (Å²) in [7, 11) is 0. The average molecular weight is 608 g/mol. The summed E-state index contributed by atoms with van der Waals surface area (Å²) in [5.41, 5.74) is 5.26. The van der Waals surface area contributed by atoms with Crippen LogP contribution in [-0.4, -0.2) is 41.7 Å². The molecule has 11 nitrogen and oxygen atoms in total. The fourth-order valence-electron chi connectivity index (χ4n) is 5.13. The van der Waals surface area contributed by atoms with Crippen LogP contribution in [-0.2, 0) is 28.0 Å².